The highest BCUT2D eigenvalue weighted by molar-refractivity contribution is 5.79. The van der Waals surface area contributed by atoms with Crippen molar-refractivity contribution in [1.29, 1.82) is 0 Å². The second-order valence-electron chi connectivity index (χ2n) is 5.60. The van der Waals surface area contributed by atoms with Crippen LogP contribution in [0.2, 0.25) is 0 Å². The van der Waals surface area contributed by atoms with Gasteiger partial charge in [-0.25, -0.2) is 0 Å². The quantitative estimate of drug-likeness (QED) is 0.775. The molecule has 0 bridgehead atoms. The summed E-state index contributed by atoms with van der Waals surface area (Å²) in [6.07, 6.45) is 0.178. The van der Waals surface area contributed by atoms with Crippen LogP contribution < -0.4 is 19.5 Å². The van der Waals surface area contributed by atoms with Gasteiger partial charge in [-0.3, -0.25) is 4.79 Å². The number of hydrogen-bond donors (Lipinski definition) is 1. The zero-order chi connectivity index (χ0) is 19.1. The van der Waals surface area contributed by atoms with E-state index in [4.69, 9.17) is 9.47 Å². The van der Waals surface area contributed by atoms with E-state index in [0.717, 1.165) is 11.1 Å². The van der Waals surface area contributed by atoms with Crippen LogP contribution in [-0.4, -0.2) is 26.7 Å². The van der Waals surface area contributed by atoms with Crippen LogP contribution >= 0.6 is 0 Å². The Bertz CT molecular complexity index is 735. The molecule has 0 aliphatic rings. The number of hydrogen-bond acceptors (Lipinski definition) is 4. The lowest BCUT2D eigenvalue weighted by Crippen LogP contribution is -2.28. The van der Waals surface area contributed by atoms with E-state index < -0.39 is 6.61 Å². The van der Waals surface area contributed by atoms with Crippen molar-refractivity contribution in [1.82, 2.24) is 5.32 Å². The molecule has 0 fully saturated rings. The van der Waals surface area contributed by atoms with Crippen molar-refractivity contribution in [3.8, 4) is 17.2 Å². The maximum Gasteiger partial charge on any atom is 0.387 e. The van der Waals surface area contributed by atoms with Gasteiger partial charge in [0.05, 0.1) is 26.7 Å². The van der Waals surface area contributed by atoms with Crippen LogP contribution in [0.4, 0.5) is 8.78 Å². The number of methoxy groups -OCH3 is 2. The Labute approximate surface area is 150 Å². The minimum atomic E-state index is -2.86. The second kappa shape index (κ2) is 9.03. The van der Waals surface area contributed by atoms with E-state index >= 15 is 0 Å². The number of alkyl halides is 2. The summed E-state index contributed by atoms with van der Waals surface area (Å²) in [5.74, 6) is 1.06. The number of rotatable bonds is 8. The molecule has 1 atom stereocenters. The van der Waals surface area contributed by atoms with Gasteiger partial charge in [0.2, 0.25) is 5.91 Å². The van der Waals surface area contributed by atoms with E-state index in [0.29, 0.717) is 11.5 Å². The molecule has 0 aromatic heterocycles. The Kier molecular flexibility index (Phi) is 6.77. The largest absolute Gasteiger partial charge is 0.493 e. The number of carbonyl (C=O) groups excluding carboxylic acids is 1. The molecule has 0 aliphatic carbocycles. The van der Waals surface area contributed by atoms with Crippen molar-refractivity contribution in [3.63, 3.8) is 0 Å². The van der Waals surface area contributed by atoms with Gasteiger partial charge in [-0.15, -0.1) is 0 Å². The molecule has 7 heteroatoms. The van der Waals surface area contributed by atoms with Crippen LogP contribution in [0.3, 0.4) is 0 Å². The summed E-state index contributed by atoms with van der Waals surface area (Å²) in [5.41, 5.74) is 1.57. The van der Waals surface area contributed by atoms with E-state index in [9.17, 15) is 13.6 Å². The Hall–Kier alpha value is -2.83. The first-order chi connectivity index (χ1) is 12.4. The van der Waals surface area contributed by atoms with Gasteiger partial charge in [0.15, 0.2) is 11.5 Å². The predicted octanol–water partition coefficient (Wildman–Crippen LogP) is 3.73. The van der Waals surface area contributed by atoms with E-state index in [-0.39, 0.29) is 24.1 Å². The fraction of sp³-hybridized carbons (Fsp3) is 0.316. The lowest BCUT2D eigenvalue weighted by atomic mass is 10.1. The number of ether oxygens (including phenoxy) is 3. The molecule has 0 radical (unpaired) electrons. The van der Waals surface area contributed by atoms with Crippen molar-refractivity contribution in [2.75, 3.05) is 14.2 Å². The van der Waals surface area contributed by atoms with Gasteiger partial charge in [0, 0.05) is 0 Å². The maximum atomic E-state index is 12.3. The fourth-order valence-corrected chi connectivity index (χ4v) is 2.49. The average molecular weight is 365 g/mol. The maximum absolute atomic E-state index is 12.3. The molecule has 0 aliphatic heterocycles. The Morgan fingerprint density at radius 3 is 2.27 bits per heavy atom. The van der Waals surface area contributed by atoms with Crippen molar-refractivity contribution >= 4 is 5.91 Å². The van der Waals surface area contributed by atoms with E-state index in [1.165, 1.54) is 19.2 Å². The standard InChI is InChI=1S/C19H21F2NO4/c1-12(14-5-7-15(8-6-14)26-19(20)21)22-18(23)11-13-4-9-16(24-2)17(10-13)25-3/h4-10,12,19H,11H2,1-3H3,(H,22,23). The number of benzene rings is 2. The topological polar surface area (TPSA) is 56.8 Å². The zero-order valence-corrected chi connectivity index (χ0v) is 14.8. The summed E-state index contributed by atoms with van der Waals surface area (Å²) in [5, 5.41) is 2.87. The number of nitrogens with one attached hydrogen (secondary N) is 1. The second-order valence-corrected chi connectivity index (χ2v) is 5.60. The average Bonchev–Trinajstić information content (AvgIpc) is 2.61. The molecule has 1 N–H and O–H groups in total. The molecule has 2 aromatic rings. The predicted molar refractivity (Wildman–Crippen MR) is 92.9 cm³/mol. The Morgan fingerprint density at radius 2 is 1.69 bits per heavy atom. The van der Waals surface area contributed by atoms with Crippen LogP contribution in [0.15, 0.2) is 42.5 Å². The lowest BCUT2D eigenvalue weighted by molar-refractivity contribution is -0.121. The van der Waals surface area contributed by atoms with Gasteiger partial charge in [-0.2, -0.15) is 8.78 Å². The molecule has 1 amide bonds. The Balaban J connectivity index is 1.96. The molecule has 26 heavy (non-hydrogen) atoms. The summed E-state index contributed by atoms with van der Waals surface area (Å²) in [4.78, 5) is 12.3. The third kappa shape index (κ3) is 5.34. The first kappa shape index (κ1) is 19.5. The highest BCUT2D eigenvalue weighted by Gasteiger charge is 2.13. The third-order valence-corrected chi connectivity index (χ3v) is 3.80. The van der Waals surface area contributed by atoms with Crippen LogP contribution in [-0.2, 0) is 11.2 Å². The van der Waals surface area contributed by atoms with E-state index in [1.807, 2.05) is 6.92 Å². The van der Waals surface area contributed by atoms with Gasteiger partial charge in [0.1, 0.15) is 5.75 Å². The minimum absolute atomic E-state index is 0.0765. The summed E-state index contributed by atoms with van der Waals surface area (Å²) in [7, 11) is 3.08. The summed E-state index contributed by atoms with van der Waals surface area (Å²) < 4.78 is 39.0. The normalized spacial score (nSPS) is 11.8. The SMILES string of the molecule is COc1ccc(CC(=O)NC(C)c2ccc(OC(F)F)cc2)cc1OC. The molecule has 0 spiro atoms. The summed E-state index contributed by atoms with van der Waals surface area (Å²) in [6.45, 7) is -1.05. The van der Waals surface area contributed by atoms with E-state index in [2.05, 4.69) is 10.1 Å². The first-order valence-electron chi connectivity index (χ1n) is 7.98. The van der Waals surface area contributed by atoms with Gasteiger partial charge >= 0.3 is 6.61 Å². The van der Waals surface area contributed by atoms with Crippen LogP contribution in [0.5, 0.6) is 17.2 Å². The van der Waals surface area contributed by atoms with Crippen molar-refractivity contribution in [3.05, 3.63) is 53.6 Å². The molecule has 0 heterocycles. The Morgan fingerprint density at radius 1 is 1.04 bits per heavy atom. The number of amides is 1. The molecule has 1 unspecified atom stereocenters. The lowest BCUT2D eigenvalue weighted by Gasteiger charge is -2.15. The van der Waals surface area contributed by atoms with Crippen LogP contribution in [0.25, 0.3) is 0 Å². The number of carbonyl (C=O) groups is 1. The zero-order valence-electron chi connectivity index (χ0n) is 14.8. The van der Waals surface area contributed by atoms with E-state index in [1.54, 1.807) is 37.4 Å². The molecule has 0 saturated carbocycles. The monoisotopic (exact) mass is 365 g/mol. The molecular formula is C19H21F2NO4. The molecule has 0 saturated heterocycles. The number of halogens is 2. The van der Waals surface area contributed by atoms with Gasteiger partial charge < -0.3 is 19.5 Å². The minimum Gasteiger partial charge on any atom is -0.493 e. The van der Waals surface area contributed by atoms with Crippen molar-refractivity contribution in [2.24, 2.45) is 0 Å². The van der Waals surface area contributed by atoms with Crippen LogP contribution in [0, 0.1) is 0 Å². The van der Waals surface area contributed by atoms with Crippen LogP contribution in [0.1, 0.15) is 24.1 Å². The van der Waals surface area contributed by atoms with Crippen molar-refractivity contribution in [2.45, 2.75) is 26.0 Å². The van der Waals surface area contributed by atoms with Crippen molar-refractivity contribution < 1.29 is 27.8 Å². The highest BCUT2D eigenvalue weighted by Crippen LogP contribution is 2.27. The molecule has 2 rings (SSSR count). The van der Waals surface area contributed by atoms with Gasteiger partial charge in [-0.1, -0.05) is 18.2 Å². The molecular weight excluding hydrogens is 344 g/mol. The molecule has 140 valence electrons. The summed E-state index contributed by atoms with van der Waals surface area (Å²) >= 11 is 0. The third-order valence-electron chi connectivity index (χ3n) is 3.80. The van der Waals surface area contributed by atoms with Gasteiger partial charge in [-0.05, 0) is 42.3 Å². The molecule has 2 aromatic carbocycles. The first-order valence-corrected chi connectivity index (χ1v) is 7.98. The van der Waals surface area contributed by atoms with Gasteiger partial charge in [0.25, 0.3) is 0 Å². The summed E-state index contributed by atoms with van der Waals surface area (Å²) in [6, 6.07) is 11.2. The highest BCUT2D eigenvalue weighted by atomic mass is 19.3. The molecule has 5 nitrogen and oxygen atoms in total. The smallest absolute Gasteiger partial charge is 0.387 e. The fourth-order valence-electron chi connectivity index (χ4n) is 2.49.